The highest BCUT2D eigenvalue weighted by Crippen LogP contribution is 2.18. The van der Waals surface area contributed by atoms with Gasteiger partial charge >= 0.3 is 0 Å². The standard InChI is InChI=1S/C15H20N4OS/c1-10(2)9-14-18-19-15(21-14)17-13(20)8-5-11-3-6-12(16)7-4-11/h3-4,6-7,10H,5,8-9,16H2,1-2H3,(H,17,19,20). The van der Waals surface area contributed by atoms with Gasteiger partial charge in [-0.25, -0.2) is 0 Å². The molecule has 0 aliphatic heterocycles. The first kappa shape index (κ1) is 15.4. The van der Waals surface area contributed by atoms with E-state index in [2.05, 4.69) is 29.4 Å². The summed E-state index contributed by atoms with van der Waals surface area (Å²) in [4.78, 5) is 11.9. The number of nitrogens with two attached hydrogens (primary N) is 1. The van der Waals surface area contributed by atoms with Crippen LogP contribution >= 0.6 is 11.3 Å². The third-order valence-electron chi connectivity index (χ3n) is 2.92. The van der Waals surface area contributed by atoms with Gasteiger partial charge in [0.05, 0.1) is 0 Å². The zero-order valence-electron chi connectivity index (χ0n) is 12.3. The molecule has 112 valence electrons. The van der Waals surface area contributed by atoms with Gasteiger partial charge < -0.3 is 11.1 Å². The molecule has 0 unspecified atom stereocenters. The number of aryl methyl sites for hydroxylation is 1. The summed E-state index contributed by atoms with van der Waals surface area (Å²) in [6.45, 7) is 4.26. The van der Waals surface area contributed by atoms with E-state index < -0.39 is 0 Å². The molecule has 0 aliphatic carbocycles. The van der Waals surface area contributed by atoms with Gasteiger partial charge in [-0.3, -0.25) is 4.79 Å². The Labute approximate surface area is 128 Å². The summed E-state index contributed by atoms with van der Waals surface area (Å²) >= 11 is 1.44. The van der Waals surface area contributed by atoms with Gasteiger partial charge in [-0.2, -0.15) is 0 Å². The summed E-state index contributed by atoms with van der Waals surface area (Å²) in [6, 6.07) is 7.56. The number of nitrogens with one attached hydrogen (secondary N) is 1. The molecule has 5 nitrogen and oxygen atoms in total. The second-order valence-electron chi connectivity index (χ2n) is 5.39. The molecular formula is C15H20N4OS. The average Bonchev–Trinajstić information content (AvgIpc) is 2.84. The number of amides is 1. The van der Waals surface area contributed by atoms with Crippen molar-refractivity contribution in [3.63, 3.8) is 0 Å². The van der Waals surface area contributed by atoms with Crippen molar-refractivity contribution >= 4 is 28.1 Å². The van der Waals surface area contributed by atoms with E-state index in [0.29, 0.717) is 23.9 Å². The van der Waals surface area contributed by atoms with Crippen molar-refractivity contribution in [2.75, 3.05) is 11.1 Å². The second kappa shape index (κ2) is 7.17. The van der Waals surface area contributed by atoms with E-state index in [1.54, 1.807) is 0 Å². The summed E-state index contributed by atoms with van der Waals surface area (Å²) in [5.41, 5.74) is 7.45. The first-order chi connectivity index (χ1) is 10.0. The SMILES string of the molecule is CC(C)Cc1nnc(NC(=O)CCc2ccc(N)cc2)s1. The minimum atomic E-state index is -0.0425. The van der Waals surface area contributed by atoms with Gasteiger partial charge in [-0.1, -0.05) is 37.3 Å². The minimum Gasteiger partial charge on any atom is -0.399 e. The maximum atomic E-state index is 11.9. The molecule has 0 saturated heterocycles. The normalized spacial score (nSPS) is 10.8. The molecule has 0 spiro atoms. The maximum absolute atomic E-state index is 11.9. The van der Waals surface area contributed by atoms with Crippen molar-refractivity contribution in [3.8, 4) is 0 Å². The Balaban J connectivity index is 1.81. The number of nitrogen functional groups attached to an aromatic ring is 1. The topological polar surface area (TPSA) is 80.9 Å². The van der Waals surface area contributed by atoms with Gasteiger partial charge in [0.1, 0.15) is 5.01 Å². The molecule has 3 N–H and O–H groups in total. The van der Waals surface area contributed by atoms with Gasteiger partial charge in [0, 0.05) is 18.5 Å². The van der Waals surface area contributed by atoms with Crippen LogP contribution in [0, 0.1) is 5.92 Å². The molecule has 0 aliphatic rings. The molecule has 2 rings (SSSR count). The fourth-order valence-corrected chi connectivity index (χ4v) is 2.83. The zero-order chi connectivity index (χ0) is 15.2. The lowest BCUT2D eigenvalue weighted by atomic mass is 10.1. The van der Waals surface area contributed by atoms with E-state index >= 15 is 0 Å². The third kappa shape index (κ3) is 5.15. The number of carbonyl (C=O) groups excluding carboxylic acids is 1. The van der Waals surface area contributed by atoms with Crippen LogP contribution in [0.5, 0.6) is 0 Å². The van der Waals surface area contributed by atoms with E-state index in [0.717, 1.165) is 22.7 Å². The number of anilines is 2. The molecular weight excluding hydrogens is 284 g/mol. The lowest BCUT2D eigenvalue weighted by molar-refractivity contribution is -0.116. The highest BCUT2D eigenvalue weighted by Gasteiger charge is 2.09. The van der Waals surface area contributed by atoms with E-state index in [1.165, 1.54) is 11.3 Å². The lowest BCUT2D eigenvalue weighted by Crippen LogP contribution is -2.12. The number of hydrogen-bond donors (Lipinski definition) is 2. The summed E-state index contributed by atoms with van der Waals surface area (Å²) < 4.78 is 0. The summed E-state index contributed by atoms with van der Waals surface area (Å²) in [5.74, 6) is 0.492. The van der Waals surface area contributed by atoms with Gasteiger partial charge in [-0.05, 0) is 30.0 Å². The Bertz CT molecular complexity index is 592. The van der Waals surface area contributed by atoms with Gasteiger partial charge in [0.25, 0.3) is 0 Å². The molecule has 1 aromatic heterocycles. The molecule has 1 amide bonds. The van der Waals surface area contributed by atoms with E-state index in [1.807, 2.05) is 24.3 Å². The van der Waals surface area contributed by atoms with Crippen molar-refractivity contribution in [1.82, 2.24) is 10.2 Å². The monoisotopic (exact) mass is 304 g/mol. The number of rotatable bonds is 6. The second-order valence-corrected chi connectivity index (χ2v) is 6.45. The Morgan fingerprint density at radius 1 is 1.29 bits per heavy atom. The van der Waals surface area contributed by atoms with Crippen LogP contribution in [0.15, 0.2) is 24.3 Å². The van der Waals surface area contributed by atoms with Crippen LogP contribution in [0.25, 0.3) is 0 Å². The van der Waals surface area contributed by atoms with Gasteiger partial charge in [-0.15, -0.1) is 10.2 Å². The average molecular weight is 304 g/mol. The van der Waals surface area contributed by atoms with Crippen molar-refractivity contribution in [1.29, 1.82) is 0 Å². The third-order valence-corrected chi connectivity index (χ3v) is 3.78. The molecule has 1 aromatic carbocycles. The van der Waals surface area contributed by atoms with Gasteiger partial charge in [0.15, 0.2) is 0 Å². The predicted octanol–water partition coefficient (Wildman–Crippen LogP) is 2.89. The van der Waals surface area contributed by atoms with Crippen LogP contribution in [0.2, 0.25) is 0 Å². The molecule has 21 heavy (non-hydrogen) atoms. The lowest BCUT2D eigenvalue weighted by Gasteiger charge is -2.02. The highest BCUT2D eigenvalue weighted by atomic mass is 32.1. The fraction of sp³-hybridized carbons (Fsp3) is 0.400. The van der Waals surface area contributed by atoms with Crippen molar-refractivity contribution in [2.45, 2.75) is 33.1 Å². The first-order valence-electron chi connectivity index (χ1n) is 6.99. The molecule has 1 heterocycles. The first-order valence-corrected chi connectivity index (χ1v) is 7.81. The molecule has 0 atom stereocenters. The molecule has 2 aromatic rings. The Hall–Kier alpha value is -1.95. The molecule has 0 radical (unpaired) electrons. The summed E-state index contributed by atoms with van der Waals surface area (Å²) in [6.07, 6.45) is 1.99. The number of carbonyl (C=O) groups is 1. The predicted molar refractivity (Wildman–Crippen MR) is 86.3 cm³/mol. The summed E-state index contributed by atoms with van der Waals surface area (Å²) in [5, 5.41) is 12.4. The van der Waals surface area contributed by atoms with E-state index in [-0.39, 0.29) is 5.91 Å². The van der Waals surface area contributed by atoms with Crippen molar-refractivity contribution in [3.05, 3.63) is 34.8 Å². The van der Waals surface area contributed by atoms with Crippen LogP contribution in [0.1, 0.15) is 30.8 Å². The zero-order valence-corrected chi connectivity index (χ0v) is 13.1. The molecule has 0 fully saturated rings. The van der Waals surface area contributed by atoms with E-state index in [9.17, 15) is 4.79 Å². The van der Waals surface area contributed by atoms with Crippen LogP contribution < -0.4 is 11.1 Å². The Kier molecular flexibility index (Phi) is 5.27. The summed E-state index contributed by atoms with van der Waals surface area (Å²) in [7, 11) is 0. The number of nitrogens with zero attached hydrogens (tertiary/aromatic N) is 2. The largest absolute Gasteiger partial charge is 0.399 e. The fourth-order valence-electron chi connectivity index (χ4n) is 1.86. The van der Waals surface area contributed by atoms with Crippen LogP contribution in [-0.4, -0.2) is 16.1 Å². The van der Waals surface area contributed by atoms with Crippen LogP contribution in [0.4, 0.5) is 10.8 Å². The number of benzene rings is 1. The smallest absolute Gasteiger partial charge is 0.226 e. The molecule has 0 bridgehead atoms. The van der Waals surface area contributed by atoms with Gasteiger partial charge in [0.2, 0.25) is 11.0 Å². The Morgan fingerprint density at radius 3 is 2.67 bits per heavy atom. The number of hydrogen-bond acceptors (Lipinski definition) is 5. The molecule has 6 heteroatoms. The minimum absolute atomic E-state index is 0.0425. The Morgan fingerprint density at radius 2 is 2.00 bits per heavy atom. The van der Waals surface area contributed by atoms with Crippen molar-refractivity contribution in [2.24, 2.45) is 5.92 Å². The maximum Gasteiger partial charge on any atom is 0.226 e. The van der Waals surface area contributed by atoms with Crippen molar-refractivity contribution < 1.29 is 4.79 Å². The van der Waals surface area contributed by atoms with E-state index in [4.69, 9.17) is 5.73 Å². The quantitative estimate of drug-likeness (QED) is 0.804. The van der Waals surface area contributed by atoms with Crippen LogP contribution in [0.3, 0.4) is 0 Å². The van der Waals surface area contributed by atoms with Crippen LogP contribution in [-0.2, 0) is 17.6 Å². The number of aromatic nitrogens is 2. The molecule has 0 saturated carbocycles. The highest BCUT2D eigenvalue weighted by molar-refractivity contribution is 7.15.